The number of hydrogen-bond acceptors (Lipinski definition) is 4. The van der Waals surface area contributed by atoms with Crippen LogP contribution in [0.4, 0.5) is 0 Å². The topological polar surface area (TPSA) is 66.8 Å². The molecule has 0 aliphatic heterocycles. The average Bonchev–Trinajstić information content (AvgIpc) is 2.33. The fourth-order valence-corrected chi connectivity index (χ4v) is 2.94. The zero-order chi connectivity index (χ0) is 15.1. The Hall–Kier alpha value is -1.23. The van der Waals surface area contributed by atoms with Gasteiger partial charge in [-0.05, 0) is 49.9 Å². The third-order valence-corrected chi connectivity index (χ3v) is 4.09. The van der Waals surface area contributed by atoms with Crippen LogP contribution in [-0.4, -0.2) is 34.8 Å². The summed E-state index contributed by atoms with van der Waals surface area (Å²) in [7, 11) is 1.61. The standard InChI is InChI=1S/C16H22O4/c1-9-5-10(8-20-4)6-12-11(9)7-13(16(2,3)19)15(18)14(12)17/h5-6,13,15,18-19H,7-8H2,1-4H3. The van der Waals surface area contributed by atoms with Crippen molar-refractivity contribution in [2.24, 2.45) is 5.92 Å². The predicted molar refractivity (Wildman–Crippen MR) is 75.7 cm³/mol. The van der Waals surface area contributed by atoms with Crippen LogP contribution in [0.15, 0.2) is 12.1 Å². The number of carbonyl (C=O) groups is 1. The van der Waals surface area contributed by atoms with E-state index in [1.165, 1.54) is 0 Å². The number of ketones is 1. The van der Waals surface area contributed by atoms with Gasteiger partial charge < -0.3 is 14.9 Å². The highest BCUT2D eigenvalue weighted by Gasteiger charge is 2.42. The van der Waals surface area contributed by atoms with Crippen LogP contribution in [-0.2, 0) is 17.8 Å². The monoisotopic (exact) mass is 278 g/mol. The van der Waals surface area contributed by atoms with Gasteiger partial charge in [-0.2, -0.15) is 0 Å². The number of hydrogen-bond donors (Lipinski definition) is 2. The van der Waals surface area contributed by atoms with Gasteiger partial charge in [-0.1, -0.05) is 6.07 Å². The van der Waals surface area contributed by atoms with Gasteiger partial charge in [0, 0.05) is 18.6 Å². The number of ether oxygens (including phenoxy) is 1. The molecule has 2 unspecified atom stereocenters. The Morgan fingerprint density at radius 2 is 2.05 bits per heavy atom. The molecule has 0 fully saturated rings. The quantitative estimate of drug-likeness (QED) is 0.882. The fraction of sp³-hybridized carbons (Fsp3) is 0.562. The van der Waals surface area contributed by atoms with Crippen LogP contribution < -0.4 is 0 Å². The van der Waals surface area contributed by atoms with Crippen molar-refractivity contribution in [3.8, 4) is 0 Å². The summed E-state index contributed by atoms with van der Waals surface area (Å²) < 4.78 is 5.10. The molecule has 2 atom stereocenters. The van der Waals surface area contributed by atoms with Crippen molar-refractivity contribution < 1.29 is 19.7 Å². The Morgan fingerprint density at radius 3 is 2.60 bits per heavy atom. The van der Waals surface area contributed by atoms with Crippen LogP contribution in [0, 0.1) is 12.8 Å². The first kappa shape index (κ1) is 15.2. The number of aliphatic hydroxyl groups is 2. The van der Waals surface area contributed by atoms with E-state index in [1.54, 1.807) is 27.0 Å². The maximum absolute atomic E-state index is 12.4. The molecule has 1 aromatic carbocycles. The molecule has 0 saturated carbocycles. The predicted octanol–water partition coefficient (Wildman–Crippen LogP) is 1.63. The summed E-state index contributed by atoms with van der Waals surface area (Å²) in [5.41, 5.74) is 2.32. The van der Waals surface area contributed by atoms with Gasteiger partial charge in [0.2, 0.25) is 0 Å². The number of rotatable bonds is 3. The molecule has 4 nitrogen and oxygen atoms in total. The van der Waals surface area contributed by atoms with Crippen molar-refractivity contribution >= 4 is 5.78 Å². The van der Waals surface area contributed by atoms with Crippen molar-refractivity contribution in [3.63, 3.8) is 0 Å². The highest BCUT2D eigenvalue weighted by atomic mass is 16.5. The smallest absolute Gasteiger partial charge is 0.191 e. The second-order valence-corrected chi connectivity index (χ2v) is 6.15. The van der Waals surface area contributed by atoms with Crippen molar-refractivity contribution in [3.05, 3.63) is 34.4 Å². The lowest BCUT2D eigenvalue weighted by Gasteiger charge is -2.37. The van der Waals surface area contributed by atoms with Crippen LogP contribution in [0.25, 0.3) is 0 Å². The molecule has 0 heterocycles. The van der Waals surface area contributed by atoms with E-state index >= 15 is 0 Å². The van der Waals surface area contributed by atoms with Crippen molar-refractivity contribution in [2.45, 2.75) is 45.5 Å². The van der Waals surface area contributed by atoms with Gasteiger partial charge >= 0.3 is 0 Å². The molecule has 1 aliphatic carbocycles. The summed E-state index contributed by atoms with van der Waals surface area (Å²) in [6.07, 6.45) is -0.648. The molecular weight excluding hydrogens is 256 g/mol. The summed E-state index contributed by atoms with van der Waals surface area (Å²) in [6, 6.07) is 3.78. The van der Waals surface area contributed by atoms with Crippen LogP contribution in [0.3, 0.4) is 0 Å². The zero-order valence-corrected chi connectivity index (χ0v) is 12.4. The summed E-state index contributed by atoms with van der Waals surface area (Å²) in [4.78, 5) is 12.4. The molecule has 0 aromatic heterocycles. The molecular formula is C16H22O4. The molecule has 4 heteroatoms. The van der Waals surface area contributed by atoms with Gasteiger partial charge in [0.05, 0.1) is 12.2 Å². The molecule has 2 rings (SSSR count). The number of methoxy groups -OCH3 is 1. The Labute approximate surface area is 119 Å². The zero-order valence-electron chi connectivity index (χ0n) is 12.4. The Bertz CT molecular complexity index is 528. The fourth-order valence-electron chi connectivity index (χ4n) is 2.94. The molecule has 0 bridgehead atoms. The Kier molecular flexibility index (Phi) is 4.00. The SMILES string of the molecule is COCc1cc(C)c2c(c1)C(=O)C(O)C(C(C)(C)O)C2. The third-order valence-electron chi connectivity index (χ3n) is 4.09. The Morgan fingerprint density at radius 1 is 1.40 bits per heavy atom. The summed E-state index contributed by atoms with van der Waals surface area (Å²) >= 11 is 0. The van der Waals surface area contributed by atoms with E-state index in [0.29, 0.717) is 18.6 Å². The molecule has 110 valence electrons. The van der Waals surface area contributed by atoms with E-state index in [2.05, 4.69) is 0 Å². The van der Waals surface area contributed by atoms with Gasteiger partial charge in [0.1, 0.15) is 6.10 Å². The number of Topliss-reactive ketones (excluding diaryl/α,β-unsaturated/α-hetero) is 1. The molecule has 1 aromatic rings. The lowest BCUT2D eigenvalue weighted by molar-refractivity contribution is -0.0397. The van der Waals surface area contributed by atoms with E-state index in [4.69, 9.17) is 4.74 Å². The maximum atomic E-state index is 12.4. The van der Waals surface area contributed by atoms with Gasteiger partial charge in [0.25, 0.3) is 0 Å². The molecule has 0 saturated heterocycles. The largest absolute Gasteiger partial charge is 0.390 e. The molecule has 2 N–H and O–H groups in total. The summed E-state index contributed by atoms with van der Waals surface area (Å²) in [5.74, 6) is -0.783. The van der Waals surface area contributed by atoms with E-state index in [0.717, 1.165) is 16.7 Å². The van der Waals surface area contributed by atoms with Gasteiger partial charge in [-0.25, -0.2) is 0 Å². The average molecular weight is 278 g/mol. The van der Waals surface area contributed by atoms with E-state index in [1.807, 2.05) is 13.0 Å². The minimum atomic E-state index is -1.15. The second-order valence-electron chi connectivity index (χ2n) is 6.15. The normalized spacial score (nSPS) is 22.8. The molecule has 0 amide bonds. The van der Waals surface area contributed by atoms with Gasteiger partial charge in [-0.3, -0.25) is 4.79 Å². The number of aryl methyl sites for hydroxylation is 1. The van der Waals surface area contributed by atoms with E-state index < -0.39 is 17.6 Å². The summed E-state index contributed by atoms with van der Waals surface area (Å²) in [6.45, 7) is 5.65. The molecule has 1 aliphatic rings. The first-order chi connectivity index (χ1) is 9.25. The number of carbonyl (C=O) groups excluding carboxylic acids is 1. The minimum absolute atomic E-state index is 0.306. The molecule has 0 radical (unpaired) electrons. The van der Waals surface area contributed by atoms with Gasteiger partial charge in [0.15, 0.2) is 5.78 Å². The van der Waals surface area contributed by atoms with Crippen LogP contribution in [0.5, 0.6) is 0 Å². The highest BCUT2D eigenvalue weighted by Crippen LogP contribution is 2.35. The number of aliphatic hydroxyl groups excluding tert-OH is 1. The van der Waals surface area contributed by atoms with Gasteiger partial charge in [-0.15, -0.1) is 0 Å². The lowest BCUT2D eigenvalue weighted by Crippen LogP contribution is -2.47. The van der Waals surface area contributed by atoms with Crippen LogP contribution in [0.2, 0.25) is 0 Å². The molecule has 20 heavy (non-hydrogen) atoms. The summed E-state index contributed by atoms with van der Waals surface area (Å²) in [5, 5.41) is 20.3. The third kappa shape index (κ3) is 2.64. The highest BCUT2D eigenvalue weighted by molar-refractivity contribution is 6.02. The van der Waals surface area contributed by atoms with E-state index in [9.17, 15) is 15.0 Å². The first-order valence-electron chi connectivity index (χ1n) is 6.81. The lowest BCUT2D eigenvalue weighted by atomic mass is 9.72. The first-order valence-corrected chi connectivity index (χ1v) is 6.81. The van der Waals surface area contributed by atoms with Crippen molar-refractivity contribution in [2.75, 3.05) is 7.11 Å². The van der Waals surface area contributed by atoms with Crippen molar-refractivity contribution in [1.29, 1.82) is 0 Å². The maximum Gasteiger partial charge on any atom is 0.191 e. The number of fused-ring (bicyclic) bond motifs is 1. The van der Waals surface area contributed by atoms with Crippen LogP contribution in [0.1, 0.15) is 40.9 Å². The van der Waals surface area contributed by atoms with Crippen LogP contribution >= 0.6 is 0 Å². The molecule has 0 spiro atoms. The minimum Gasteiger partial charge on any atom is -0.390 e. The number of benzene rings is 1. The van der Waals surface area contributed by atoms with Crippen molar-refractivity contribution in [1.82, 2.24) is 0 Å². The Balaban J connectivity index is 2.49. The second kappa shape index (κ2) is 5.28. The van der Waals surface area contributed by atoms with E-state index in [-0.39, 0.29) is 5.78 Å².